The summed E-state index contributed by atoms with van der Waals surface area (Å²) in [5, 5.41) is 14.2. The van der Waals surface area contributed by atoms with Crippen LogP contribution in [0.15, 0.2) is 36.4 Å². The summed E-state index contributed by atoms with van der Waals surface area (Å²) < 4.78 is 11.0. The average molecular weight is 347 g/mol. The molecule has 24 heavy (non-hydrogen) atoms. The van der Waals surface area contributed by atoms with Crippen LogP contribution < -0.4 is 19.9 Å². The number of hydrogen-bond donors (Lipinski definition) is 1. The maximum atomic E-state index is 12.4. The van der Waals surface area contributed by atoms with Gasteiger partial charge in [-0.05, 0) is 18.2 Å². The van der Waals surface area contributed by atoms with E-state index in [9.17, 15) is 14.7 Å². The summed E-state index contributed by atoms with van der Waals surface area (Å²) in [6.07, 6.45) is 0.677. The van der Waals surface area contributed by atoms with Gasteiger partial charge in [0.15, 0.2) is 11.5 Å². The fourth-order valence-corrected chi connectivity index (χ4v) is 2.54. The summed E-state index contributed by atoms with van der Waals surface area (Å²) in [5.41, 5.74) is 0.0967. The number of amides is 1. The van der Waals surface area contributed by atoms with Gasteiger partial charge in [-0.1, -0.05) is 23.7 Å². The van der Waals surface area contributed by atoms with E-state index in [1.807, 2.05) is 0 Å². The van der Waals surface area contributed by atoms with Crippen LogP contribution in [0.5, 0.6) is 11.5 Å². The maximum Gasteiger partial charge on any atom is 0.257 e. The molecule has 2 aromatic rings. The van der Waals surface area contributed by atoms with Crippen molar-refractivity contribution in [2.75, 3.05) is 18.5 Å². The Hall–Kier alpha value is -2.73. The first kappa shape index (κ1) is 16.1. The number of anilines is 1. The number of carboxylic acid groups (broad SMARTS) is 1. The second-order valence-electron chi connectivity index (χ2n) is 5.12. The minimum absolute atomic E-state index is 0.0594. The molecule has 1 N–H and O–H groups in total. The number of carbonyl (C=O) groups excluding carboxylic acids is 2. The van der Waals surface area contributed by atoms with Crippen molar-refractivity contribution >= 4 is 29.2 Å². The zero-order valence-corrected chi connectivity index (χ0v) is 13.3. The summed E-state index contributed by atoms with van der Waals surface area (Å²) in [5.74, 6) is -1.29. The predicted molar refractivity (Wildman–Crippen MR) is 85.8 cm³/mol. The highest BCUT2D eigenvalue weighted by Crippen LogP contribution is 2.35. The number of ether oxygens (including phenoxy) is 2. The van der Waals surface area contributed by atoms with Crippen LogP contribution in [0.3, 0.4) is 0 Å². The quantitative estimate of drug-likeness (QED) is 0.919. The van der Waals surface area contributed by atoms with Gasteiger partial charge in [-0.15, -0.1) is 0 Å². The molecule has 1 aliphatic heterocycles. The molecule has 1 aliphatic rings. The Balaban J connectivity index is 1.97. The van der Waals surface area contributed by atoms with Gasteiger partial charge < -0.3 is 24.7 Å². The van der Waals surface area contributed by atoms with Gasteiger partial charge in [-0.25, -0.2) is 0 Å². The Morgan fingerprint density at radius 2 is 1.71 bits per heavy atom. The maximum absolute atomic E-state index is 12.4. The number of carboxylic acids is 1. The van der Waals surface area contributed by atoms with E-state index in [0.717, 1.165) is 0 Å². The van der Waals surface area contributed by atoms with Crippen LogP contribution in [0.4, 0.5) is 5.69 Å². The normalized spacial score (nSPS) is 13.0. The van der Waals surface area contributed by atoms with Crippen molar-refractivity contribution in [1.29, 1.82) is 0 Å². The molecule has 3 rings (SSSR count). The van der Waals surface area contributed by atoms with Gasteiger partial charge in [0.2, 0.25) is 0 Å². The van der Waals surface area contributed by atoms with E-state index in [2.05, 4.69) is 5.32 Å². The standard InChI is InChI=1S/C17H14ClNO5/c18-12-5-2-1-4-10(12)16(20)19-13-9-15-14(8-11(13)17(21)22)23-6-3-7-24-15/h1-2,4-5,8-9H,3,6-7H2,(H,19,20)(H,21,22)/p-1. The highest BCUT2D eigenvalue weighted by Gasteiger charge is 2.18. The molecular formula is C17H13ClNO5-. The molecule has 7 heteroatoms. The van der Waals surface area contributed by atoms with E-state index < -0.39 is 11.9 Å². The fraction of sp³-hybridized carbons (Fsp3) is 0.176. The van der Waals surface area contributed by atoms with Gasteiger partial charge in [0.05, 0.1) is 35.5 Å². The number of halogens is 1. The molecular weight excluding hydrogens is 334 g/mol. The first-order chi connectivity index (χ1) is 11.6. The van der Waals surface area contributed by atoms with Gasteiger partial charge in [0, 0.05) is 18.1 Å². The molecule has 2 aromatic carbocycles. The average Bonchev–Trinajstić information content (AvgIpc) is 2.79. The molecule has 0 radical (unpaired) electrons. The van der Waals surface area contributed by atoms with Crippen LogP contribution in [0.2, 0.25) is 5.02 Å². The summed E-state index contributed by atoms with van der Waals surface area (Å²) in [6, 6.07) is 9.18. The molecule has 0 fully saturated rings. The van der Waals surface area contributed by atoms with Gasteiger partial charge in [0.1, 0.15) is 0 Å². The summed E-state index contributed by atoms with van der Waals surface area (Å²) in [6.45, 7) is 0.861. The monoisotopic (exact) mass is 346 g/mol. The Morgan fingerprint density at radius 3 is 2.38 bits per heavy atom. The van der Waals surface area contributed by atoms with Gasteiger partial charge in [-0.2, -0.15) is 0 Å². The SMILES string of the molecule is O=C(Nc1cc2c(cc1C(=O)[O-])OCCCO2)c1ccccc1Cl. The Labute approximate surface area is 143 Å². The van der Waals surface area contributed by atoms with Crippen LogP contribution in [-0.2, 0) is 0 Å². The van der Waals surface area contributed by atoms with Crippen LogP contribution >= 0.6 is 11.6 Å². The number of hydrogen-bond acceptors (Lipinski definition) is 5. The molecule has 0 atom stereocenters. The number of nitrogens with one attached hydrogen (secondary N) is 1. The van der Waals surface area contributed by atoms with Crippen molar-refractivity contribution in [3.8, 4) is 11.5 Å². The van der Waals surface area contributed by atoms with Crippen molar-refractivity contribution < 1.29 is 24.2 Å². The van der Waals surface area contributed by atoms with E-state index in [0.29, 0.717) is 31.1 Å². The highest BCUT2D eigenvalue weighted by atomic mass is 35.5. The zero-order valence-electron chi connectivity index (χ0n) is 12.5. The zero-order chi connectivity index (χ0) is 17.1. The molecule has 0 unspecified atom stereocenters. The second kappa shape index (κ2) is 6.80. The Bertz CT molecular complexity index is 806. The number of rotatable bonds is 3. The third-order valence-electron chi connectivity index (χ3n) is 3.47. The first-order valence-corrected chi connectivity index (χ1v) is 7.65. The first-order valence-electron chi connectivity index (χ1n) is 7.27. The van der Waals surface area contributed by atoms with Gasteiger partial charge in [0.25, 0.3) is 5.91 Å². The Morgan fingerprint density at radius 1 is 1.04 bits per heavy atom. The van der Waals surface area contributed by atoms with Gasteiger partial charge >= 0.3 is 0 Å². The summed E-state index contributed by atoms with van der Waals surface area (Å²) >= 11 is 5.99. The van der Waals surface area contributed by atoms with E-state index in [-0.39, 0.29) is 21.8 Å². The summed E-state index contributed by atoms with van der Waals surface area (Å²) in [7, 11) is 0. The van der Waals surface area contributed by atoms with Crippen molar-refractivity contribution in [2.24, 2.45) is 0 Å². The minimum atomic E-state index is -1.43. The molecule has 1 heterocycles. The molecule has 0 bridgehead atoms. The highest BCUT2D eigenvalue weighted by molar-refractivity contribution is 6.34. The molecule has 0 aliphatic carbocycles. The predicted octanol–water partition coefficient (Wildman–Crippen LogP) is 2.12. The number of aromatic carboxylic acids is 1. The van der Waals surface area contributed by atoms with E-state index in [4.69, 9.17) is 21.1 Å². The molecule has 0 aromatic heterocycles. The lowest BCUT2D eigenvalue weighted by atomic mass is 10.1. The summed E-state index contributed by atoms with van der Waals surface area (Å²) in [4.78, 5) is 23.8. The molecule has 124 valence electrons. The molecule has 0 saturated heterocycles. The Kier molecular flexibility index (Phi) is 4.57. The molecule has 6 nitrogen and oxygen atoms in total. The van der Waals surface area contributed by atoms with Crippen molar-refractivity contribution in [3.63, 3.8) is 0 Å². The molecule has 0 saturated carbocycles. The lowest BCUT2D eigenvalue weighted by Crippen LogP contribution is -2.25. The lowest BCUT2D eigenvalue weighted by molar-refractivity contribution is -0.254. The van der Waals surface area contributed by atoms with E-state index in [1.54, 1.807) is 24.3 Å². The van der Waals surface area contributed by atoms with E-state index in [1.165, 1.54) is 12.1 Å². The number of benzene rings is 2. The van der Waals surface area contributed by atoms with Crippen LogP contribution in [-0.4, -0.2) is 25.1 Å². The van der Waals surface area contributed by atoms with E-state index >= 15 is 0 Å². The van der Waals surface area contributed by atoms with Gasteiger partial charge in [-0.3, -0.25) is 4.79 Å². The molecule has 1 amide bonds. The number of fused-ring (bicyclic) bond motifs is 1. The third kappa shape index (κ3) is 3.28. The lowest BCUT2D eigenvalue weighted by Gasteiger charge is -2.16. The minimum Gasteiger partial charge on any atom is -0.545 e. The van der Waals surface area contributed by atoms with Crippen molar-refractivity contribution in [2.45, 2.75) is 6.42 Å². The van der Waals surface area contributed by atoms with Crippen LogP contribution in [0, 0.1) is 0 Å². The van der Waals surface area contributed by atoms with Crippen molar-refractivity contribution in [3.05, 3.63) is 52.5 Å². The fourth-order valence-electron chi connectivity index (χ4n) is 2.32. The molecule has 0 spiro atoms. The second-order valence-corrected chi connectivity index (χ2v) is 5.52. The third-order valence-corrected chi connectivity index (χ3v) is 3.80. The van der Waals surface area contributed by atoms with Crippen molar-refractivity contribution in [1.82, 2.24) is 0 Å². The smallest absolute Gasteiger partial charge is 0.257 e. The van der Waals surface area contributed by atoms with Crippen LogP contribution in [0.1, 0.15) is 27.1 Å². The largest absolute Gasteiger partial charge is 0.545 e. The number of carbonyl (C=O) groups is 2. The topological polar surface area (TPSA) is 87.7 Å². The van der Waals surface area contributed by atoms with Crippen LogP contribution in [0.25, 0.3) is 0 Å².